The smallest absolute Gasteiger partial charge is 0.226 e. The Bertz CT molecular complexity index is 433. The first-order valence-electron chi connectivity index (χ1n) is 7.30. The van der Waals surface area contributed by atoms with E-state index < -0.39 is 0 Å². The first kappa shape index (κ1) is 12.7. The van der Waals surface area contributed by atoms with Gasteiger partial charge in [0.2, 0.25) is 5.91 Å². The van der Waals surface area contributed by atoms with Crippen molar-refractivity contribution in [3.63, 3.8) is 0 Å². The fraction of sp³-hybridized carbons (Fsp3) is 0.562. The predicted molar refractivity (Wildman–Crippen MR) is 77.1 cm³/mol. The van der Waals surface area contributed by atoms with Crippen molar-refractivity contribution in [2.75, 3.05) is 11.9 Å². The van der Waals surface area contributed by atoms with E-state index in [1.807, 2.05) is 37.4 Å². The van der Waals surface area contributed by atoms with Crippen LogP contribution in [-0.4, -0.2) is 25.0 Å². The number of piperidine rings is 1. The number of fused-ring (bicyclic) bond motifs is 2. The zero-order valence-corrected chi connectivity index (χ0v) is 11.5. The van der Waals surface area contributed by atoms with Gasteiger partial charge in [-0.3, -0.25) is 4.79 Å². The Labute approximate surface area is 115 Å². The Balaban J connectivity index is 1.59. The van der Waals surface area contributed by atoms with Gasteiger partial charge in [-0.15, -0.1) is 0 Å². The Kier molecular flexibility index (Phi) is 3.56. The van der Waals surface area contributed by atoms with Gasteiger partial charge in [0.15, 0.2) is 0 Å². The van der Waals surface area contributed by atoms with Crippen LogP contribution in [0.25, 0.3) is 0 Å². The Morgan fingerprint density at radius 3 is 2.47 bits per heavy atom. The number of nitrogens with zero attached hydrogens (tertiary/aromatic N) is 1. The summed E-state index contributed by atoms with van der Waals surface area (Å²) < 4.78 is 0. The molecule has 0 aromatic heterocycles. The van der Waals surface area contributed by atoms with E-state index in [-0.39, 0.29) is 5.91 Å². The minimum atomic E-state index is 0.248. The zero-order valence-electron chi connectivity index (χ0n) is 11.5. The van der Waals surface area contributed by atoms with E-state index in [1.54, 1.807) is 4.90 Å². The molecule has 2 aliphatic rings. The third-order valence-corrected chi connectivity index (χ3v) is 4.55. The lowest BCUT2D eigenvalue weighted by molar-refractivity contribution is -0.119. The monoisotopic (exact) mass is 258 g/mol. The molecule has 2 bridgehead atoms. The molecule has 0 aliphatic carbocycles. The highest BCUT2D eigenvalue weighted by Crippen LogP contribution is 2.33. The van der Waals surface area contributed by atoms with E-state index in [2.05, 4.69) is 5.32 Å². The van der Waals surface area contributed by atoms with Crippen LogP contribution < -0.4 is 10.2 Å². The van der Waals surface area contributed by atoms with Gasteiger partial charge in [0.1, 0.15) is 0 Å². The Morgan fingerprint density at radius 2 is 1.84 bits per heavy atom. The van der Waals surface area contributed by atoms with Gasteiger partial charge in [-0.2, -0.15) is 0 Å². The van der Waals surface area contributed by atoms with Crippen LogP contribution in [-0.2, 0) is 4.79 Å². The van der Waals surface area contributed by atoms with Gasteiger partial charge in [-0.25, -0.2) is 0 Å². The average Bonchev–Trinajstić information content (AvgIpc) is 2.78. The second kappa shape index (κ2) is 5.33. The summed E-state index contributed by atoms with van der Waals surface area (Å²) in [6.07, 6.45) is 5.63. The molecule has 2 saturated heterocycles. The summed E-state index contributed by atoms with van der Waals surface area (Å²) in [5.74, 6) is 0.815. The topological polar surface area (TPSA) is 32.3 Å². The molecule has 1 aromatic carbocycles. The third kappa shape index (κ3) is 2.81. The summed E-state index contributed by atoms with van der Waals surface area (Å²) in [6, 6.07) is 11.2. The van der Waals surface area contributed by atoms with Crippen molar-refractivity contribution in [2.45, 2.75) is 44.2 Å². The van der Waals surface area contributed by atoms with E-state index in [0.29, 0.717) is 24.4 Å². The van der Waals surface area contributed by atoms with Gasteiger partial charge in [-0.1, -0.05) is 18.2 Å². The molecule has 19 heavy (non-hydrogen) atoms. The Hall–Kier alpha value is -1.35. The van der Waals surface area contributed by atoms with E-state index >= 15 is 0 Å². The number of anilines is 1. The van der Waals surface area contributed by atoms with E-state index in [0.717, 1.165) is 5.69 Å². The number of carbonyl (C=O) groups is 1. The van der Waals surface area contributed by atoms with Crippen LogP contribution >= 0.6 is 0 Å². The minimum Gasteiger partial charge on any atom is -0.315 e. The van der Waals surface area contributed by atoms with E-state index in [4.69, 9.17) is 0 Å². The number of benzene rings is 1. The summed E-state index contributed by atoms with van der Waals surface area (Å²) in [6.45, 7) is 0. The van der Waals surface area contributed by atoms with Crippen LogP contribution in [0.5, 0.6) is 0 Å². The van der Waals surface area contributed by atoms with Crippen LogP contribution in [0.3, 0.4) is 0 Å². The highest BCUT2D eigenvalue weighted by atomic mass is 16.2. The van der Waals surface area contributed by atoms with Crippen molar-refractivity contribution in [1.29, 1.82) is 0 Å². The van der Waals surface area contributed by atoms with Crippen LogP contribution in [0.15, 0.2) is 30.3 Å². The molecule has 2 atom stereocenters. The molecule has 3 rings (SSSR count). The second-order valence-corrected chi connectivity index (χ2v) is 5.97. The molecule has 2 fully saturated rings. The lowest BCUT2D eigenvalue weighted by Crippen LogP contribution is -2.40. The lowest BCUT2D eigenvalue weighted by Gasteiger charge is -2.30. The minimum absolute atomic E-state index is 0.248. The number of para-hydroxylation sites is 1. The van der Waals surface area contributed by atoms with Gasteiger partial charge >= 0.3 is 0 Å². The fourth-order valence-electron chi connectivity index (χ4n) is 3.52. The number of amides is 1. The number of hydrogen-bond donors (Lipinski definition) is 1. The summed E-state index contributed by atoms with van der Waals surface area (Å²) in [5.41, 5.74) is 0.990. The van der Waals surface area contributed by atoms with Crippen LogP contribution in [0.1, 0.15) is 32.1 Å². The maximum Gasteiger partial charge on any atom is 0.226 e. The first-order valence-corrected chi connectivity index (χ1v) is 7.30. The molecule has 2 heterocycles. The number of carbonyl (C=O) groups excluding carboxylic acids is 1. The molecule has 2 unspecified atom stereocenters. The molecule has 102 valence electrons. The maximum atomic E-state index is 12.4. The normalized spacial score (nSPS) is 29.2. The standard InChI is InChI=1S/C16H22N2O/c1-18(15-5-3-2-4-6-15)16(19)11-12-9-13-7-8-14(10-12)17-13/h2-6,12-14,17H,7-11H2,1H3. The van der Waals surface area contributed by atoms with Gasteiger partial charge < -0.3 is 10.2 Å². The van der Waals surface area contributed by atoms with Crippen molar-refractivity contribution in [3.8, 4) is 0 Å². The molecular formula is C16H22N2O. The summed E-state index contributed by atoms with van der Waals surface area (Å²) in [4.78, 5) is 14.1. The van der Waals surface area contributed by atoms with Crippen LogP contribution in [0.4, 0.5) is 5.69 Å². The number of rotatable bonds is 3. The third-order valence-electron chi connectivity index (χ3n) is 4.55. The van der Waals surface area contributed by atoms with Crippen LogP contribution in [0, 0.1) is 5.92 Å². The molecule has 3 heteroatoms. The average molecular weight is 258 g/mol. The van der Waals surface area contributed by atoms with Gasteiger partial charge in [0, 0.05) is 31.2 Å². The summed E-state index contributed by atoms with van der Waals surface area (Å²) >= 11 is 0. The molecule has 1 amide bonds. The molecule has 1 N–H and O–H groups in total. The highest BCUT2D eigenvalue weighted by Gasteiger charge is 2.34. The largest absolute Gasteiger partial charge is 0.315 e. The molecule has 0 spiro atoms. The maximum absolute atomic E-state index is 12.4. The molecular weight excluding hydrogens is 236 g/mol. The number of hydrogen-bond acceptors (Lipinski definition) is 2. The van der Waals surface area contributed by atoms with Gasteiger partial charge in [0.05, 0.1) is 0 Å². The van der Waals surface area contributed by atoms with E-state index in [1.165, 1.54) is 25.7 Å². The zero-order chi connectivity index (χ0) is 13.2. The van der Waals surface area contributed by atoms with Crippen LogP contribution in [0.2, 0.25) is 0 Å². The van der Waals surface area contributed by atoms with Gasteiger partial charge in [-0.05, 0) is 43.7 Å². The molecule has 3 nitrogen and oxygen atoms in total. The first-order chi connectivity index (χ1) is 9.22. The van der Waals surface area contributed by atoms with Crippen molar-refractivity contribution in [1.82, 2.24) is 5.32 Å². The van der Waals surface area contributed by atoms with Crippen molar-refractivity contribution < 1.29 is 4.79 Å². The predicted octanol–water partition coefficient (Wildman–Crippen LogP) is 2.57. The summed E-state index contributed by atoms with van der Waals surface area (Å²) in [5, 5.41) is 3.63. The molecule has 0 saturated carbocycles. The number of nitrogens with one attached hydrogen (secondary N) is 1. The summed E-state index contributed by atoms with van der Waals surface area (Å²) in [7, 11) is 1.88. The molecule has 0 radical (unpaired) electrons. The molecule has 1 aromatic rings. The van der Waals surface area contributed by atoms with Crippen molar-refractivity contribution in [3.05, 3.63) is 30.3 Å². The fourth-order valence-corrected chi connectivity index (χ4v) is 3.52. The van der Waals surface area contributed by atoms with Gasteiger partial charge in [0.25, 0.3) is 0 Å². The molecule has 2 aliphatic heterocycles. The Morgan fingerprint density at radius 1 is 1.21 bits per heavy atom. The SMILES string of the molecule is CN(C(=O)CC1CC2CCC(C1)N2)c1ccccc1. The van der Waals surface area contributed by atoms with E-state index in [9.17, 15) is 4.79 Å². The highest BCUT2D eigenvalue weighted by molar-refractivity contribution is 5.92. The lowest BCUT2D eigenvalue weighted by atomic mass is 9.89. The second-order valence-electron chi connectivity index (χ2n) is 5.97. The van der Waals surface area contributed by atoms with Crippen molar-refractivity contribution in [2.24, 2.45) is 5.92 Å². The quantitative estimate of drug-likeness (QED) is 0.903. The van der Waals surface area contributed by atoms with Crippen molar-refractivity contribution >= 4 is 11.6 Å².